The van der Waals surface area contributed by atoms with Crippen molar-refractivity contribution >= 4 is 10.8 Å². The molecule has 0 heterocycles. The Hall–Kier alpha value is -2.68. The highest BCUT2D eigenvalue weighted by Gasteiger charge is 2.09. The maximum atomic E-state index is 6.06. The normalized spacial score (nSPS) is 12.0. The molecule has 0 amide bonds. The van der Waals surface area contributed by atoms with Crippen molar-refractivity contribution < 1.29 is 14.2 Å². The lowest BCUT2D eigenvalue weighted by Crippen LogP contribution is -2.07. The summed E-state index contributed by atoms with van der Waals surface area (Å²) in [4.78, 5) is 0. The third-order valence-corrected chi connectivity index (χ3v) is 5.21. The van der Waals surface area contributed by atoms with Crippen molar-refractivity contribution in [1.82, 2.24) is 0 Å². The molecule has 0 aliphatic heterocycles. The molecule has 3 heteroatoms. The van der Waals surface area contributed by atoms with Crippen LogP contribution in [-0.4, -0.2) is 20.3 Å². The average molecular weight is 393 g/mol. The number of ether oxygens (including phenoxy) is 3. The molecule has 0 unspecified atom stereocenters. The minimum atomic E-state index is 0.292. The molecule has 29 heavy (non-hydrogen) atoms. The Kier molecular flexibility index (Phi) is 7.80. The third-order valence-electron chi connectivity index (χ3n) is 5.21. The molecule has 3 nitrogen and oxygen atoms in total. The van der Waals surface area contributed by atoms with Gasteiger partial charge in [-0.15, -0.1) is 0 Å². The molecule has 3 rings (SSSR count). The average Bonchev–Trinajstić information content (AvgIpc) is 2.77. The molecule has 0 saturated heterocycles. The molecule has 1 atom stereocenters. The first-order valence-corrected chi connectivity index (χ1v) is 10.6. The monoisotopic (exact) mass is 392 g/mol. The SMILES string of the molecule is CCCCCCOc1cccc(OC[C@@H](C)c2ccc3cc(OC)ccc3c2)c1. The van der Waals surface area contributed by atoms with Crippen LogP contribution in [0.1, 0.15) is 51.0 Å². The molecule has 0 aliphatic carbocycles. The summed E-state index contributed by atoms with van der Waals surface area (Å²) in [5.41, 5.74) is 1.27. The van der Waals surface area contributed by atoms with E-state index in [0.717, 1.165) is 30.3 Å². The molecule has 0 radical (unpaired) electrons. The summed E-state index contributed by atoms with van der Waals surface area (Å²) >= 11 is 0. The van der Waals surface area contributed by atoms with E-state index in [1.807, 2.05) is 30.3 Å². The van der Waals surface area contributed by atoms with E-state index in [0.29, 0.717) is 12.5 Å². The van der Waals surface area contributed by atoms with Crippen molar-refractivity contribution in [3.05, 3.63) is 66.2 Å². The van der Waals surface area contributed by atoms with E-state index in [1.165, 1.54) is 35.6 Å². The van der Waals surface area contributed by atoms with Gasteiger partial charge >= 0.3 is 0 Å². The molecule has 0 fully saturated rings. The van der Waals surface area contributed by atoms with Crippen LogP contribution in [0.3, 0.4) is 0 Å². The molecule has 0 aromatic heterocycles. The van der Waals surface area contributed by atoms with Crippen molar-refractivity contribution in [3.8, 4) is 17.2 Å². The number of rotatable bonds is 11. The van der Waals surface area contributed by atoms with E-state index in [9.17, 15) is 0 Å². The number of methoxy groups -OCH3 is 1. The Morgan fingerprint density at radius 1 is 0.759 bits per heavy atom. The van der Waals surface area contributed by atoms with Gasteiger partial charge in [-0.3, -0.25) is 0 Å². The Bertz CT molecular complexity index is 903. The number of hydrogen-bond acceptors (Lipinski definition) is 3. The summed E-state index contributed by atoms with van der Waals surface area (Å²) in [7, 11) is 1.70. The van der Waals surface area contributed by atoms with Gasteiger partial charge in [0.2, 0.25) is 0 Å². The van der Waals surface area contributed by atoms with Crippen LogP contribution in [0.25, 0.3) is 10.8 Å². The van der Waals surface area contributed by atoms with E-state index in [1.54, 1.807) is 7.11 Å². The predicted molar refractivity (Wildman–Crippen MR) is 120 cm³/mol. The van der Waals surface area contributed by atoms with Gasteiger partial charge in [-0.2, -0.15) is 0 Å². The Balaban J connectivity index is 1.55. The standard InChI is InChI=1S/C26H32O3/c1-4-5-6-7-15-28-25-9-8-10-26(18-25)29-19-20(2)21-11-12-23-17-24(27-3)14-13-22(23)16-21/h8-14,16-18,20H,4-7,15,19H2,1-3H3/t20-/m1/s1. The topological polar surface area (TPSA) is 27.7 Å². The fourth-order valence-corrected chi connectivity index (χ4v) is 3.37. The van der Waals surface area contributed by atoms with E-state index < -0.39 is 0 Å². The van der Waals surface area contributed by atoms with Gasteiger partial charge in [0, 0.05) is 12.0 Å². The molecule has 0 spiro atoms. The summed E-state index contributed by atoms with van der Waals surface area (Å²) in [6.45, 7) is 5.81. The number of fused-ring (bicyclic) bond motifs is 1. The summed E-state index contributed by atoms with van der Waals surface area (Å²) in [6.07, 6.45) is 4.84. The summed E-state index contributed by atoms with van der Waals surface area (Å²) in [5, 5.41) is 2.40. The van der Waals surface area contributed by atoms with Crippen molar-refractivity contribution in [2.24, 2.45) is 0 Å². The zero-order chi connectivity index (χ0) is 20.5. The fourth-order valence-electron chi connectivity index (χ4n) is 3.37. The van der Waals surface area contributed by atoms with Gasteiger partial charge in [0.25, 0.3) is 0 Å². The van der Waals surface area contributed by atoms with Crippen LogP contribution >= 0.6 is 0 Å². The van der Waals surface area contributed by atoms with Crippen LogP contribution < -0.4 is 14.2 Å². The predicted octanol–water partition coefficient (Wildman–Crippen LogP) is 6.99. The molecule has 154 valence electrons. The Morgan fingerprint density at radius 3 is 2.31 bits per heavy atom. The minimum absolute atomic E-state index is 0.292. The summed E-state index contributed by atoms with van der Waals surface area (Å²) < 4.78 is 17.2. The highest BCUT2D eigenvalue weighted by molar-refractivity contribution is 5.84. The van der Waals surface area contributed by atoms with Crippen molar-refractivity contribution in [2.45, 2.75) is 45.4 Å². The lowest BCUT2D eigenvalue weighted by molar-refractivity contribution is 0.285. The third kappa shape index (κ3) is 6.15. The molecule has 0 bridgehead atoms. The maximum Gasteiger partial charge on any atom is 0.123 e. The van der Waals surface area contributed by atoms with Crippen LogP contribution in [0.4, 0.5) is 0 Å². The smallest absolute Gasteiger partial charge is 0.123 e. The lowest BCUT2D eigenvalue weighted by Gasteiger charge is -2.15. The first-order chi connectivity index (χ1) is 14.2. The largest absolute Gasteiger partial charge is 0.497 e. The van der Waals surface area contributed by atoms with E-state index >= 15 is 0 Å². The first-order valence-electron chi connectivity index (χ1n) is 10.6. The van der Waals surface area contributed by atoms with Crippen LogP contribution in [0.2, 0.25) is 0 Å². The van der Waals surface area contributed by atoms with Gasteiger partial charge in [0.15, 0.2) is 0 Å². The molecule has 3 aromatic rings. The summed E-state index contributed by atoms with van der Waals surface area (Å²) in [6, 6.07) is 20.7. The molecule has 0 N–H and O–H groups in total. The van der Waals surface area contributed by atoms with Crippen molar-refractivity contribution in [3.63, 3.8) is 0 Å². The fraction of sp³-hybridized carbons (Fsp3) is 0.385. The number of benzene rings is 3. The maximum absolute atomic E-state index is 6.06. The molecular formula is C26H32O3. The van der Waals surface area contributed by atoms with Crippen LogP contribution in [0.5, 0.6) is 17.2 Å². The number of unbranched alkanes of at least 4 members (excludes halogenated alkanes) is 3. The van der Waals surface area contributed by atoms with Gasteiger partial charge < -0.3 is 14.2 Å². The molecule has 3 aromatic carbocycles. The van der Waals surface area contributed by atoms with Crippen LogP contribution in [0.15, 0.2) is 60.7 Å². The van der Waals surface area contributed by atoms with Gasteiger partial charge in [0.1, 0.15) is 17.2 Å². The van der Waals surface area contributed by atoms with E-state index in [4.69, 9.17) is 14.2 Å². The minimum Gasteiger partial charge on any atom is -0.497 e. The second-order valence-corrected chi connectivity index (χ2v) is 7.57. The second-order valence-electron chi connectivity index (χ2n) is 7.57. The quantitative estimate of drug-likeness (QED) is 0.329. The van der Waals surface area contributed by atoms with E-state index in [-0.39, 0.29) is 0 Å². The van der Waals surface area contributed by atoms with Crippen LogP contribution in [-0.2, 0) is 0 Å². The first kappa shape index (κ1) is 21.0. The van der Waals surface area contributed by atoms with Gasteiger partial charge in [-0.05, 0) is 47.0 Å². The van der Waals surface area contributed by atoms with E-state index in [2.05, 4.69) is 44.2 Å². The highest BCUT2D eigenvalue weighted by atomic mass is 16.5. The Labute approximate surface area is 174 Å². The van der Waals surface area contributed by atoms with Gasteiger partial charge in [-0.1, -0.05) is 63.4 Å². The van der Waals surface area contributed by atoms with Gasteiger partial charge in [0.05, 0.1) is 20.3 Å². The van der Waals surface area contributed by atoms with Crippen molar-refractivity contribution in [2.75, 3.05) is 20.3 Å². The van der Waals surface area contributed by atoms with Gasteiger partial charge in [-0.25, -0.2) is 0 Å². The Morgan fingerprint density at radius 2 is 1.52 bits per heavy atom. The zero-order valence-electron chi connectivity index (χ0n) is 17.8. The summed E-state index contributed by atoms with van der Waals surface area (Å²) in [5.74, 6) is 2.91. The number of hydrogen-bond donors (Lipinski definition) is 0. The highest BCUT2D eigenvalue weighted by Crippen LogP contribution is 2.26. The zero-order valence-corrected chi connectivity index (χ0v) is 17.8. The van der Waals surface area contributed by atoms with Crippen LogP contribution in [0, 0.1) is 0 Å². The van der Waals surface area contributed by atoms with Crippen molar-refractivity contribution in [1.29, 1.82) is 0 Å². The molecular weight excluding hydrogens is 360 g/mol. The molecule has 0 saturated carbocycles. The second kappa shape index (κ2) is 10.8. The molecule has 0 aliphatic rings. The lowest BCUT2D eigenvalue weighted by atomic mass is 9.98.